The third-order valence-corrected chi connectivity index (χ3v) is 4.93. The number of fused-ring (bicyclic) bond motifs is 1. The quantitative estimate of drug-likeness (QED) is 0.677. The van der Waals surface area contributed by atoms with E-state index in [0.29, 0.717) is 33.8 Å². The van der Waals surface area contributed by atoms with Gasteiger partial charge in [-0.2, -0.15) is 0 Å². The molecule has 0 radical (unpaired) electrons. The summed E-state index contributed by atoms with van der Waals surface area (Å²) in [6.45, 7) is 0. The number of ether oxygens (including phenoxy) is 2. The summed E-state index contributed by atoms with van der Waals surface area (Å²) in [7, 11) is 2.90. The molecule has 3 aromatic carbocycles. The number of amides is 1. The van der Waals surface area contributed by atoms with Crippen LogP contribution in [0.2, 0.25) is 0 Å². The van der Waals surface area contributed by atoms with E-state index in [1.54, 1.807) is 36.3 Å². The highest BCUT2D eigenvalue weighted by molar-refractivity contribution is 6.13. The molecule has 0 spiro atoms. The highest BCUT2D eigenvalue weighted by atomic mass is 16.5. The number of benzene rings is 3. The van der Waals surface area contributed by atoms with Crippen molar-refractivity contribution >= 4 is 23.3 Å². The minimum atomic E-state index is -0.621. The maximum absolute atomic E-state index is 13.5. The maximum atomic E-state index is 13.5. The molecule has 6 heteroatoms. The van der Waals surface area contributed by atoms with E-state index in [4.69, 9.17) is 9.47 Å². The third-order valence-electron chi connectivity index (χ3n) is 4.93. The highest BCUT2D eigenvalue weighted by Gasteiger charge is 2.37. The number of hydrogen-bond acceptors (Lipinski definition) is 5. The fourth-order valence-corrected chi connectivity index (χ4v) is 3.58. The zero-order chi connectivity index (χ0) is 20.4. The van der Waals surface area contributed by atoms with Crippen LogP contribution in [0.5, 0.6) is 5.75 Å². The number of methoxy groups -OCH3 is 2. The van der Waals surface area contributed by atoms with Gasteiger partial charge in [-0.3, -0.25) is 9.69 Å². The van der Waals surface area contributed by atoms with Gasteiger partial charge in [-0.05, 0) is 30.3 Å². The Morgan fingerprint density at radius 1 is 0.931 bits per heavy atom. The summed E-state index contributed by atoms with van der Waals surface area (Å²) in [6.07, 6.45) is -0.621. The molecule has 0 fully saturated rings. The predicted octanol–water partition coefficient (Wildman–Crippen LogP) is 4.25. The fraction of sp³-hybridized carbons (Fsp3) is 0.130. The minimum absolute atomic E-state index is 0.187. The van der Waals surface area contributed by atoms with Crippen LogP contribution in [-0.2, 0) is 4.74 Å². The first-order valence-corrected chi connectivity index (χ1v) is 9.15. The van der Waals surface area contributed by atoms with Crippen LogP contribution in [0.1, 0.15) is 32.4 Å². The Kier molecular flexibility index (Phi) is 4.91. The number of anilines is 2. The van der Waals surface area contributed by atoms with Crippen molar-refractivity contribution < 1.29 is 19.1 Å². The van der Waals surface area contributed by atoms with Crippen molar-refractivity contribution in [2.75, 3.05) is 24.4 Å². The molecule has 3 aromatic rings. The van der Waals surface area contributed by atoms with Crippen LogP contribution in [0.25, 0.3) is 0 Å². The normalized spacial score (nSPS) is 15.3. The Balaban J connectivity index is 1.94. The molecule has 1 N–H and O–H groups in total. The summed E-state index contributed by atoms with van der Waals surface area (Å²) >= 11 is 0. The number of esters is 1. The van der Waals surface area contributed by atoms with Crippen LogP contribution in [-0.4, -0.2) is 26.1 Å². The lowest BCUT2D eigenvalue weighted by Crippen LogP contribution is -2.44. The van der Waals surface area contributed by atoms with Crippen LogP contribution in [0, 0.1) is 0 Å². The highest BCUT2D eigenvalue weighted by Crippen LogP contribution is 2.41. The zero-order valence-electron chi connectivity index (χ0n) is 16.1. The van der Waals surface area contributed by atoms with Crippen molar-refractivity contribution in [1.82, 2.24) is 0 Å². The Bertz CT molecular complexity index is 1080. The summed E-state index contributed by atoms with van der Waals surface area (Å²) in [5.74, 6) is -0.0928. The molecule has 0 bridgehead atoms. The van der Waals surface area contributed by atoms with Gasteiger partial charge in [-0.1, -0.05) is 42.5 Å². The first kappa shape index (κ1) is 18.6. The van der Waals surface area contributed by atoms with E-state index < -0.39 is 12.1 Å². The molecule has 0 aromatic heterocycles. The first-order valence-electron chi connectivity index (χ1n) is 9.15. The second-order valence-electron chi connectivity index (χ2n) is 6.52. The Morgan fingerprint density at radius 3 is 2.41 bits per heavy atom. The summed E-state index contributed by atoms with van der Waals surface area (Å²) in [4.78, 5) is 27.5. The smallest absolute Gasteiger partial charge is 0.338 e. The van der Waals surface area contributed by atoms with E-state index in [0.717, 1.165) is 0 Å². The number of carbonyl (C=O) groups is 2. The molecule has 6 nitrogen and oxygen atoms in total. The lowest BCUT2D eigenvalue weighted by atomic mass is 9.98. The van der Waals surface area contributed by atoms with Crippen LogP contribution in [0.3, 0.4) is 0 Å². The molecule has 1 aliphatic rings. The van der Waals surface area contributed by atoms with Gasteiger partial charge in [0.25, 0.3) is 5.91 Å². The number of rotatable bonds is 4. The second-order valence-corrected chi connectivity index (χ2v) is 6.52. The van der Waals surface area contributed by atoms with Gasteiger partial charge in [0.2, 0.25) is 0 Å². The van der Waals surface area contributed by atoms with E-state index in [1.807, 2.05) is 48.5 Å². The lowest BCUT2D eigenvalue weighted by molar-refractivity contribution is 0.0598. The van der Waals surface area contributed by atoms with Crippen molar-refractivity contribution in [3.8, 4) is 5.75 Å². The molecule has 0 unspecified atom stereocenters. The predicted molar refractivity (Wildman–Crippen MR) is 110 cm³/mol. The average molecular weight is 388 g/mol. The molecule has 1 heterocycles. The molecule has 0 saturated carbocycles. The molecular formula is C23H20N2O4. The van der Waals surface area contributed by atoms with Crippen LogP contribution >= 0.6 is 0 Å². The maximum Gasteiger partial charge on any atom is 0.338 e. The van der Waals surface area contributed by atoms with E-state index in [1.165, 1.54) is 7.11 Å². The van der Waals surface area contributed by atoms with Crippen molar-refractivity contribution in [1.29, 1.82) is 0 Å². The van der Waals surface area contributed by atoms with Gasteiger partial charge in [0.1, 0.15) is 11.9 Å². The summed E-state index contributed by atoms with van der Waals surface area (Å²) in [5.41, 5.74) is 2.87. The Hall–Kier alpha value is -3.80. The van der Waals surface area contributed by atoms with Crippen LogP contribution in [0.15, 0.2) is 72.8 Å². The first-order chi connectivity index (χ1) is 14.2. The molecule has 29 heavy (non-hydrogen) atoms. The number of nitrogens with one attached hydrogen (secondary N) is 1. The fourth-order valence-electron chi connectivity index (χ4n) is 3.58. The van der Waals surface area contributed by atoms with Crippen molar-refractivity contribution in [2.45, 2.75) is 6.17 Å². The topological polar surface area (TPSA) is 67.9 Å². The van der Waals surface area contributed by atoms with Gasteiger partial charge in [-0.25, -0.2) is 4.79 Å². The van der Waals surface area contributed by atoms with Gasteiger partial charge in [-0.15, -0.1) is 0 Å². The summed E-state index contributed by atoms with van der Waals surface area (Å²) < 4.78 is 10.5. The van der Waals surface area contributed by atoms with Gasteiger partial charge in [0.05, 0.1) is 31.0 Å². The standard InChI is InChI=1S/C23H20N2O4/c1-28-20-14-8-7-13-19(20)25-21(15-9-3-4-10-16(15)23(27)29-2)24-18-12-6-5-11-17(18)22(25)26/h3-14,21,24H,1-2H3/t21-/m1/s1. The number of carbonyl (C=O) groups excluding carboxylic acids is 2. The molecule has 1 amide bonds. The van der Waals surface area contributed by atoms with Gasteiger partial charge < -0.3 is 14.8 Å². The van der Waals surface area contributed by atoms with Crippen molar-refractivity contribution in [2.24, 2.45) is 0 Å². The molecule has 0 saturated heterocycles. The molecule has 0 aliphatic carbocycles. The summed E-state index contributed by atoms with van der Waals surface area (Å²) in [5, 5.41) is 3.40. The lowest BCUT2D eigenvalue weighted by Gasteiger charge is -2.39. The average Bonchev–Trinajstić information content (AvgIpc) is 2.78. The van der Waals surface area contributed by atoms with E-state index in [9.17, 15) is 9.59 Å². The Morgan fingerprint density at radius 2 is 1.62 bits per heavy atom. The molecule has 4 rings (SSSR count). The van der Waals surface area contributed by atoms with Crippen LogP contribution < -0.4 is 15.0 Å². The van der Waals surface area contributed by atoms with Crippen molar-refractivity contribution in [3.05, 3.63) is 89.5 Å². The Labute approximate surface area is 168 Å². The van der Waals surface area contributed by atoms with E-state index >= 15 is 0 Å². The SMILES string of the molecule is COC(=O)c1ccccc1[C@@H]1Nc2ccccc2C(=O)N1c1ccccc1OC. The third kappa shape index (κ3) is 3.18. The number of nitrogens with zero attached hydrogens (tertiary/aromatic N) is 1. The van der Waals surface area contributed by atoms with Gasteiger partial charge in [0, 0.05) is 11.3 Å². The molecule has 146 valence electrons. The van der Waals surface area contributed by atoms with Crippen LogP contribution in [0.4, 0.5) is 11.4 Å². The van der Waals surface area contributed by atoms with E-state index in [2.05, 4.69) is 5.32 Å². The number of hydrogen-bond donors (Lipinski definition) is 1. The number of para-hydroxylation sites is 3. The molecule has 1 atom stereocenters. The second kappa shape index (κ2) is 7.67. The van der Waals surface area contributed by atoms with Gasteiger partial charge >= 0.3 is 5.97 Å². The largest absolute Gasteiger partial charge is 0.495 e. The summed E-state index contributed by atoms with van der Waals surface area (Å²) in [6, 6.07) is 21.7. The van der Waals surface area contributed by atoms with E-state index in [-0.39, 0.29) is 5.91 Å². The minimum Gasteiger partial charge on any atom is -0.495 e. The zero-order valence-corrected chi connectivity index (χ0v) is 16.1. The van der Waals surface area contributed by atoms with Crippen molar-refractivity contribution in [3.63, 3.8) is 0 Å². The monoisotopic (exact) mass is 388 g/mol. The molecular weight excluding hydrogens is 368 g/mol. The van der Waals surface area contributed by atoms with Gasteiger partial charge in [0.15, 0.2) is 0 Å². The molecule has 1 aliphatic heterocycles.